The smallest absolute Gasteiger partial charge is 0.230 e. The van der Waals surface area contributed by atoms with Crippen LogP contribution in [0.5, 0.6) is 5.75 Å². The van der Waals surface area contributed by atoms with Gasteiger partial charge >= 0.3 is 0 Å². The van der Waals surface area contributed by atoms with Crippen LogP contribution in [0, 0.1) is 11.3 Å². The number of methoxy groups -OCH3 is 1. The Morgan fingerprint density at radius 3 is 2.75 bits per heavy atom. The Morgan fingerprint density at radius 2 is 1.96 bits per heavy atom. The molecule has 3 aliphatic rings. The summed E-state index contributed by atoms with van der Waals surface area (Å²) in [5.41, 5.74) is 0.736. The molecule has 2 saturated heterocycles. The van der Waals surface area contributed by atoms with Crippen molar-refractivity contribution in [2.24, 2.45) is 11.3 Å². The van der Waals surface area contributed by atoms with Gasteiger partial charge in [-0.25, -0.2) is 0 Å². The highest BCUT2D eigenvalue weighted by atomic mass is 16.5. The molecule has 2 amide bonds. The zero-order valence-electron chi connectivity index (χ0n) is 17.0. The molecule has 0 aromatic heterocycles. The molecule has 2 heterocycles. The average molecular weight is 385 g/mol. The largest absolute Gasteiger partial charge is 0.497 e. The van der Waals surface area contributed by atoms with Gasteiger partial charge in [0.05, 0.1) is 12.5 Å². The highest BCUT2D eigenvalue weighted by molar-refractivity contribution is 5.86. The van der Waals surface area contributed by atoms with Crippen molar-refractivity contribution in [2.45, 2.75) is 57.9 Å². The van der Waals surface area contributed by atoms with Crippen LogP contribution >= 0.6 is 0 Å². The number of benzene rings is 1. The van der Waals surface area contributed by atoms with E-state index in [9.17, 15) is 9.59 Å². The summed E-state index contributed by atoms with van der Waals surface area (Å²) in [5, 5.41) is 0. The molecule has 1 spiro atoms. The van der Waals surface area contributed by atoms with Crippen LogP contribution in [0.4, 0.5) is 0 Å². The zero-order valence-corrected chi connectivity index (χ0v) is 17.0. The third-order valence-corrected chi connectivity index (χ3v) is 6.95. The summed E-state index contributed by atoms with van der Waals surface area (Å²) in [5.74, 6) is 1.55. The van der Waals surface area contributed by atoms with Crippen LogP contribution in [0.25, 0.3) is 0 Å². The number of likely N-dealkylation sites (tertiary alicyclic amines) is 2. The molecular weight excluding hydrogens is 352 g/mol. The van der Waals surface area contributed by atoms with Crippen molar-refractivity contribution in [1.82, 2.24) is 9.80 Å². The van der Waals surface area contributed by atoms with Crippen molar-refractivity contribution in [3.63, 3.8) is 0 Å². The van der Waals surface area contributed by atoms with Crippen LogP contribution in [-0.2, 0) is 16.1 Å². The van der Waals surface area contributed by atoms with Gasteiger partial charge in [0.15, 0.2) is 0 Å². The molecular formula is C23H32N2O3. The van der Waals surface area contributed by atoms with Crippen molar-refractivity contribution >= 4 is 11.8 Å². The number of hydrogen-bond donors (Lipinski definition) is 0. The van der Waals surface area contributed by atoms with Crippen molar-refractivity contribution in [3.05, 3.63) is 29.8 Å². The predicted octanol–water partition coefficient (Wildman–Crippen LogP) is 3.62. The van der Waals surface area contributed by atoms with E-state index in [4.69, 9.17) is 4.74 Å². The van der Waals surface area contributed by atoms with E-state index in [1.807, 2.05) is 34.1 Å². The van der Waals surface area contributed by atoms with Crippen LogP contribution in [0.3, 0.4) is 0 Å². The molecule has 0 bridgehead atoms. The van der Waals surface area contributed by atoms with Gasteiger partial charge in [-0.1, -0.05) is 31.4 Å². The fourth-order valence-electron chi connectivity index (χ4n) is 5.34. The molecule has 5 heteroatoms. The highest BCUT2D eigenvalue weighted by Crippen LogP contribution is 2.41. The summed E-state index contributed by atoms with van der Waals surface area (Å²) in [6.07, 6.45) is 8.39. The predicted molar refractivity (Wildman–Crippen MR) is 108 cm³/mol. The highest BCUT2D eigenvalue weighted by Gasteiger charge is 2.49. The summed E-state index contributed by atoms with van der Waals surface area (Å²) in [6.45, 7) is 2.78. The first-order valence-electron chi connectivity index (χ1n) is 10.8. The molecule has 0 N–H and O–H groups in total. The van der Waals surface area contributed by atoms with Gasteiger partial charge in [-0.3, -0.25) is 9.59 Å². The van der Waals surface area contributed by atoms with E-state index in [0.29, 0.717) is 19.0 Å². The number of nitrogens with zero attached hydrogens (tertiary/aromatic N) is 2. The van der Waals surface area contributed by atoms with Gasteiger partial charge in [0, 0.05) is 32.1 Å². The van der Waals surface area contributed by atoms with Gasteiger partial charge in [0.1, 0.15) is 5.75 Å². The molecule has 4 rings (SSSR count). The van der Waals surface area contributed by atoms with E-state index in [-0.39, 0.29) is 17.2 Å². The third-order valence-electron chi connectivity index (χ3n) is 6.95. The zero-order chi connectivity index (χ0) is 19.6. The fraction of sp³-hybridized carbons (Fsp3) is 0.652. The number of ether oxygens (including phenoxy) is 1. The van der Waals surface area contributed by atoms with Gasteiger partial charge in [-0.2, -0.15) is 0 Å². The standard InChI is InChI=1S/C23H32N2O3/c1-28-20-10-5-7-18(15-20)16-24-13-6-11-23(22(24)27)12-14-25(17-23)21(26)19-8-3-2-4-9-19/h5,7,10,15,19H,2-4,6,8-9,11-14,16-17H2,1H3. The van der Waals surface area contributed by atoms with Crippen molar-refractivity contribution in [3.8, 4) is 5.75 Å². The van der Waals surface area contributed by atoms with E-state index in [0.717, 1.165) is 56.5 Å². The van der Waals surface area contributed by atoms with Gasteiger partial charge in [0.25, 0.3) is 0 Å². The molecule has 28 heavy (non-hydrogen) atoms. The quantitative estimate of drug-likeness (QED) is 0.797. The normalized spacial score (nSPS) is 26.1. The van der Waals surface area contributed by atoms with Gasteiger partial charge in [0.2, 0.25) is 11.8 Å². The SMILES string of the molecule is COc1cccc(CN2CCCC3(CCN(C(=O)C4CCCCC4)C3)C2=O)c1. The first kappa shape index (κ1) is 19.3. The molecule has 3 fully saturated rings. The Labute approximate surface area is 168 Å². The number of piperidine rings is 1. The Bertz CT molecular complexity index is 728. The van der Waals surface area contributed by atoms with Gasteiger partial charge in [-0.15, -0.1) is 0 Å². The number of rotatable bonds is 4. The van der Waals surface area contributed by atoms with Gasteiger partial charge < -0.3 is 14.5 Å². The lowest BCUT2D eigenvalue weighted by Gasteiger charge is -2.39. The van der Waals surface area contributed by atoms with E-state index in [1.165, 1.54) is 19.3 Å². The van der Waals surface area contributed by atoms with Crippen LogP contribution in [-0.4, -0.2) is 48.4 Å². The fourth-order valence-corrected chi connectivity index (χ4v) is 5.34. The minimum Gasteiger partial charge on any atom is -0.497 e. The van der Waals surface area contributed by atoms with Crippen molar-refractivity contribution in [1.29, 1.82) is 0 Å². The first-order chi connectivity index (χ1) is 13.6. The van der Waals surface area contributed by atoms with Crippen LogP contribution in [0.1, 0.15) is 56.9 Å². The van der Waals surface area contributed by atoms with E-state index in [1.54, 1.807) is 7.11 Å². The Balaban J connectivity index is 1.43. The molecule has 0 radical (unpaired) electrons. The lowest BCUT2D eigenvalue weighted by atomic mass is 9.78. The molecule has 1 aromatic rings. The number of carbonyl (C=O) groups is 2. The van der Waals surface area contributed by atoms with Crippen molar-refractivity contribution in [2.75, 3.05) is 26.7 Å². The maximum Gasteiger partial charge on any atom is 0.230 e. The molecule has 1 atom stereocenters. The molecule has 1 unspecified atom stereocenters. The minimum atomic E-state index is -0.360. The number of hydrogen-bond acceptors (Lipinski definition) is 3. The minimum absolute atomic E-state index is 0.190. The molecule has 1 saturated carbocycles. The number of amides is 2. The second-order valence-electron chi connectivity index (χ2n) is 8.81. The maximum absolute atomic E-state index is 13.4. The first-order valence-corrected chi connectivity index (χ1v) is 10.8. The van der Waals surface area contributed by atoms with Gasteiger partial charge in [-0.05, 0) is 49.8 Å². The summed E-state index contributed by atoms with van der Waals surface area (Å²) in [6, 6.07) is 7.94. The summed E-state index contributed by atoms with van der Waals surface area (Å²) < 4.78 is 5.31. The Morgan fingerprint density at radius 1 is 1.14 bits per heavy atom. The average Bonchev–Trinajstić information content (AvgIpc) is 3.17. The van der Waals surface area contributed by atoms with Crippen LogP contribution in [0.15, 0.2) is 24.3 Å². The van der Waals surface area contributed by atoms with E-state index < -0.39 is 0 Å². The summed E-state index contributed by atoms with van der Waals surface area (Å²) in [7, 11) is 1.66. The second-order valence-corrected chi connectivity index (χ2v) is 8.81. The van der Waals surface area contributed by atoms with Crippen LogP contribution in [0.2, 0.25) is 0 Å². The van der Waals surface area contributed by atoms with E-state index in [2.05, 4.69) is 0 Å². The van der Waals surface area contributed by atoms with Crippen molar-refractivity contribution < 1.29 is 14.3 Å². The monoisotopic (exact) mass is 384 g/mol. The molecule has 5 nitrogen and oxygen atoms in total. The summed E-state index contributed by atoms with van der Waals surface area (Å²) >= 11 is 0. The molecule has 1 aliphatic carbocycles. The van der Waals surface area contributed by atoms with E-state index >= 15 is 0 Å². The Kier molecular flexibility index (Phi) is 5.61. The summed E-state index contributed by atoms with van der Waals surface area (Å²) in [4.78, 5) is 30.4. The lowest BCUT2D eigenvalue weighted by Crippen LogP contribution is -2.50. The Hall–Kier alpha value is -2.04. The molecule has 152 valence electrons. The maximum atomic E-state index is 13.4. The topological polar surface area (TPSA) is 49.9 Å². The number of carbonyl (C=O) groups excluding carboxylic acids is 2. The second kappa shape index (κ2) is 8.14. The third kappa shape index (κ3) is 3.76. The molecule has 2 aliphatic heterocycles. The molecule has 1 aromatic carbocycles. The lowest BCUT2D eigenvalue weighted by molar-refractivity contribution is -0.147. The van der Waals surface area contributed by atoms with Crippen LogP contribution < -0.4 is 4.74 Å².